The van der Waals surface area contributed by atoms with E-state index in [-0.39, 0.29) is 11.8 Å². The first-order chi connectivity index (χ1) is 13.1. The van der Waals surface area contributed by atoms with Crippen LogP contribution in [0.1, 0.15) is 37.1 Å². The van der Waals surface area contributed by atoms with Gasteiger partial charge in [0, 0.05) is 45.5 Å². The number of nitrogens with one attached hydrogen (secondary N) is 1. The van der Waals surface area contributed by atoms with Gasteiger partial charge in [-0.1, -0.05) is 0 Å². The summed E-state index contributed by atoms with van der Waals surface area (Å²) in [6, 6.07) is 0.564. The average molecular weight is 376 g/mol. The number of aryl methyl sites for hydroxylation is 2. The quantitative estimate of drug-likeness (QED) is 0.761. The van der Waals surface area contributed by atoms with Gasteiger partial charge in [-0.15, -0.1) is 0 Å². The Kier molecular flexibility index (Phi) is 7.01. The minimum absolute atomic E-state index is 0.110. The maximum Gasteiger partial charge on any atom is 0.224 e. The van der Waals surface area contributed by atoms with Crippen molar-refractivity contribution in [1.29, 1.82) is 0 Å². The number of nitrogens with zero attached hydrogens (tertiary/aromatic N) is 4. The Balaban J connectivity index is 1.51. The van der Waals surface area contributed by atoms with Gasteiger partial charge in [0.2, 0.25) is 5.91 Å². The third-order valence-corrected chi connectivity index (χ3v) is 5.76. The highest BCUT2D eigenvalue weighted by Gasteiger charge is 2.32. The second-order valence-electron chi connectivity index (χ2n) is 7.76. The molecule has 2 fully saturated rings. The maximum atomic E-state index is 12.4. The van der Waals surface area contributed by atoms with E-state index in [1.807, 2.05) is 20.0 Å². The first kappa shape index (κ1) is 20.0. The van der Waals surface area contributed by atoms with E-state index in [2.05, 4.69) is 20.1 Å². The van der Waals surface area contributed by atoms with Crippen molar-refractivity contribution in [3.8, 4) is 0 Å². The second kappa shape index (κ2) is 9.46. The minimum atomic E-state index is 0.110. The standard InChI is InChI=1S/C20H33N5O2/c1-15-13-22-16(2)19(23-15)24-10-6-18(7-11-24)25-9-4-5-17(14-25)20(26)21-8-12-27-3/h13,17-18H,4-12,14H2,1-3H3,(H,21,26). The van der Waals surface area contributed by atoms with E-state index in [9.17, 15) is 4.79 Å². The van der Waals surface area contributed by atoms with E-state index < -0.39 is 0 Å². The van der Waals surface area contributed by atoms with Crippen LogP contribution in [-0.4, -0.2) is 73.3 Å². The van der Waals surface area contributed by atoms with Crippen molar-refractivity contribution in [2.45, 2.75) is 45.6 Å². The largest absolute Gasteiger partial charge is 0.383 e. The monoisotopic (exact) mass is 375 g/mol. The van der Waals surface area contributed by atoms with Gasteiger partial charge in [-0.25, -0.2) is 4.98 Å². The van der Waals surface area contributed by atoms with Gasteiger partial charge in [-0.05, 0) is 46.1 Å². The summed E-state index contributed by atoms with van der Waals surface area (Å²) in [5.41, 5.74) is 1.97. The molecule has 2 aliphatic heterocycles. The number of amides is 1. The number of hydrogen-bond acceptors (Lipinski definition) is 6. The van der Waals surface area contributed by atoms with Crippen LogP contribution in [0.15, 0.2) is 6.20 Å². The SMILES string of the molecule is COCCNC(=O)C1CCCN(C2CCN(c3nc(C)cnc3C)CC2)C1. The van der Waals surface area contributed by atoms with E-state index in [1.54, 1.807) is 7.11 Å². The summed E-state index contributed by atoms with van der Waals surface area (Å²) in [6.07, 6.45) is 6.16. The van der Waals surface area contributed by atoms with Crippen molar-refractivity contribution in [2.75, 3.05) is 51.3 Å². The van der Waals surface area contributed by atoms with Crippen LogP contribution in [0.4, 0.5) is 5.82 Å². The molecule has 1 atom stereocenters. The molecule has 0 saturated carbocycles. The van der Waals surface area contributed by atoms with Crippen molar-refractivity contribution in [3.63, 3.8) is 0 Å². The zero-order valence-corrected chi connectivity index (χ0v) is 16.9. The second-order valence-corrected chi connectivity index (χ2v) is 7.76. The van der Waals surface area contributed by atoms with Gasteiger partial charge in [0.05, 0.1) is 23.9 Å². The lowest BCUT2D eigenvalue weighted by atomic mass is 9.93. The summed E-state index contributed by atoms with van der Waals surface area (Å²) in [5, 5.41) is 3.00. The van der Waals surface area contributed by atoms with Gasteiger partial charge in [0.15, 0.2) is 0 Å². The zero-order valence-electron chi connectivity index (χ0n) is 16.9. The number of piperidine rings is 2. The van der Waals surface area contributed by atoms with Crippen LogP contribution in [0.25, 0.3) is 0 Å². The lowest BCUT2D eigenvalue weighted by Gasteiger charge is -2.42. The fourth-order valence-corrected chi connectivity index (χ4v) is 4.24. The highest BCUT2D eigenvalue weighted by molar-refractivity contribution is 5.78. The third-order valence-electron chi connectivity index (χ3n) is 5.76. The minimum Gasteiger partial charge on any atom is -0.383 e. The van der Waals surface area contributed by atoms with Gasteiger partial charge in [0.1, 0.15) is 5.82 Å². The van der Waals surface area contributed by atoms with E-state index in [0.29, 0.717) is 19.2 Å². The molecule has 27 heavy (non-hydrogen) atoms. The predicted octanol–water partition coefficient (Wildman–Crippen LogP) is 1.54. The average Bonchev–Trinajstić information content (AvgIpc) is 2.70. The number of rotatable bonds is 6. The first-order valence-electron chi connectivity index (χ1n) is 10.1. The Morgan fingerprint density at radius 1 is 1.26 bits per heavy atom. The maximum absolute atomic E-state index is 12.4. The Bertz CT molecular complexity index is 631. The highest BCUT2D eigenvalue weighted by Crippen LogP contribution is 2.26. The van der Waals surface area contributed by atoms with Gasteiger partial charge in [-0.2, -0.15) is 0 Å². The summed E-state index contributed by atoms with van der Waals surface area (Å²) in [5.74, 6) is 1.32. The molecule has 1 N–H and O–H groups in total. The fourth-order valence-electron chi connectivity index (χ4n) is 4.24. The number of hydrogen-bond donors (Lipinski definition) is 1. The molecule has 2 saturated heterocycles. The summed E-state index contributed by atoms with van der Waals surface area (Å²) in [4.78, 5) is 26.4. The number of methoxy groups -OCH3 is 1. The Labute approximate surface area is 162 Å². The Morgan fingerprint density at radius 2 is 2.04 bits per heavy atom. The summed E-state index contributed by atoms with van der Waals surface area (Å²) in [6.45, 7) is 9.20. The van der Waals surface area contributed by atoms with Crippen LogP contribution in [0.3, 0.4) is 0 Å². The van der Waals surface area contributed by atoms with Crippen molar-refractivity contribution in [1.82, 2.24) is 20.2 Å². The van der Waals surface area contributed by atoms with Crippen LogP contribution in [0.5, 0.6) is 0 Å². The molecule has 1 unspecified atom stereocenters. The van der Waals surface area contributed by atoms with E-state index >= 15 is 0 Å². The number of likely N-dealkylation sites (tertiary alicyclic amines) is 1. The van der Waals surface area contributed by atoms with E-state index in [0.717, 1.165) is 69.1 Å². The molecule has 1 aromatic heterocycles. The molecular weight excluding hydrogens is 342 g/mol. The molecule has 1 amide bonds. The number of aromatic nitrogens is 2. The number of ether oxygens (including phenoxy) is 1. The van der Waals surface area contributed by atoms with Gasteiger partial charge < -0.3 is 15.0 Å². The topological polar surface area (TPSA) is 70.6 Å². The van der Waals surface area contributed by atoms with Crippen molar-refractivity contribution < 1.29 is 9.53 Å². The smallest absolute Gasteiger partial charge is 0.224 e. The molecule has 0 aromatic carbocycles. The lowest BCUT2D eigenvalue weighted by Crippen LogP contribution is -2.51. The molecule has 3 heterocycles. The van der Waals surface area contributed by atoms with Crippen LogP contribution >= 0.6 is 0 Å². The fraction of sp³-hybridized carbons (Fsp3) is 0.750. The molecule has 3 rings (SSSR count). The molecule has 7 nitrogen and oxygen atoms in total. The zero-order chi connectivity index (χ0) is 19.2. The third kappa shape index (κ3) is 5.17. The van der Waals surface area contributed by atoms with Crippen LogP contribution in [0.2, 0.25) is 0 Å². The molecule has 2 aliphatic rings. The van der Waals surface area contributed by atoms with Crippen LogP contribution in [0, 0.1) is 19.8 Å². The van der Waals surface area contributed by atoms with Crippen LogP contribution < -0.4 is 10.2 Å². The Hall–Kier alpha value is -1.73. The number of anilines is 1. The summed E-state index contributed by atoms with van der Waals surface area (Å²) in [7, 11) is 1.66. The first-order valence-corrected chi connectivity index (χ1v) is 10.1. The van der Waals surface area contributed by atoms with Gasteiger partial charge >= 0.3 is 0 Å². The van der Waals surface area contributed by atoms with Crippen molar-refractivity contribution in [3.05, 3.63) is 17.6 Å². The van der Waals surface area contributed by atoms with Gasteiger partial charge in [-0.3, -0.25) is 14.7 Å². The molecule has 150 valence electrons. The summed E-state index contributed by atoms with van der Waals surface area (Å²) >= 11 is 0. The molecule has 0 aliphatic carbocycles. The van der Waals surface area contributed by atoms with Crippen LogP contribution in [-0.2, 0) is 9.53 Å². The molecule has 0 spiro atoms. The molecular formula is C20H33N5O2. The molecule has 7 heteroatoms. The number of carbonyl (C=O) groups is 1. The molecule has 0 radical (unpaired) electrons. The summed E-state index contributed by atoms with van der Waals surface area (Å²) < 4.78 is 5.02. The predicted molar refractivity (Wildman–Crippen MR) is 106 cm³/mol. The van der Waals surface area contributed by atoms with Gasteiger partial charge in [0.25, 0.3) is 0 Å². The highest BCUT2D eigenvalue weighted by atomic mass is 16.5. The van der Waals surface area contributed by atoms with Crippen molar-refractivity contribution >= 4 is 11.7 Å². The molecule has 1 aromatic rings. The Morgan fingerprint density at radius 3 is 2.78 bits per heavy atom. The number of carbonyl (C=O) groups excluding carboxylic acids is 1. The molecule has 0 bridgehead atoms. The lowest BCUT2D eigenvalue weighted by molar-refractivity contribution is -0.127. The van der Waals surface area contributed by atoms with Crippen molar-refractivity contribution in [2.24, 2.45) is 5.92 Å². The van der Waals surface area contributed by atoms with E-state index in [4.69, 9.17) is 9.72 Å². The van der Waals surface area contributed by atoms with E-state index in [1.165, 1.54) is 0 Å². The normalized spacial score (nSPS) is 22.0.